The van der Waals surface area contributed by atoms with Gasteiger partial charge in [-0.25, -0.2) is 4.79 Å². The summed E-state index contributed by atoms with van der Waals surface area (Å²) in [6.07, 6.45) is 0. The maximum Gasteiger partial charge on any atom is 0.338 e. The number of anilines is 1. The predicted octanol–water partition coefficient (Wildman–Crippen LogP) is 3.44. The normalized spacial score (nSPS) is 10.0. The van der Waals surface area contributed by atoms with Crippen LogP contribution in [0.15, 0.2) is 48.5 Å². The number of halogens is 1. The Kier molecular flexibility index (Phi) is 4.95. The zero-order valence-corrected chi connectivity index (χ0v) is 12.2. The molecule has 1 amide bonds. The highest BCUT2D eigenvalue weighted by Gasteiger charge is 2.11. The molecule has 0 aliphatic rings. The van der Waals surface area contributed by atoms with Crippen molar-refractivity contribution in [3.05, 3.63) is 64.7 Å². The number of para-hydroxylation sites is 1. The van der Waals surface area contributed by atoms with Crippen LogP contribution in [0.25, 0.3) is 0 Å². The minimum absolute atomic E-state index is 0.311. The number of aryl methyl sites for hydroxylation is 1. The molecule has 0 aromatic heterocycles. The first-order valence-electron chi connectivity index (χ1n) is 6.34. The Balaban J connectivity index is 1.90. The van der Waals surface area contributed by atoms with Crippen LogP contribution < -0.4 is 5.32 Å². The van der Waals surface area contributed by atoms with Gasteiger partial charge in [0.1, 0.15) is 0 Å². The summed E-state index contributed by atoms with van der Waals surface area (Å²) in [5.74, 6) is -0.975. The third kappa shape index (κ3) is 4.33. The third-order valence-electron chi connectivity index (χ3n) is 2.81. The number of nitrogens with one attached hydrogen (secondary N) is 1. The van der Waals surface area contributed by atoms with Crippen molar-refractivity contribution in [2.75, 3.05) is 11.9 Å². The second-order valence-electron chi connectivity index (χ2n) is 4.45. The van der Waals surface area contributed by atoms with Gasteiger partial charge in [-0.15, -0.1) is 0 Å². The molecule has 0 radical (unpaired) electrons. The summed E-state index contributed by atoms with van der Waals surface area (Å²) >= 11 is 5.79. The van der Waals surface area contributed by atoms with Crippen LogP contribution in [-0.4, -0.2) is 18.5 Å². The van der Waals surface area contributed by atoms with E-state index in [0.717, 1.165) is 5.56 Å². The molecule has 5 heteroatoms. The van der Waals surface area contributed by atoms with Gasteiger partial charge in [0.2, 0.25) is 0 Å². The van der Waals surface area contributed by atoms with E-state index >= 15 is 0 Å². The van der Waals surface area contributed by atoms with Crippen molar-refractivity contribution in [1.29, 1.82) is 0 Å². The molecule has 2 aromatic carbocycles. The van der Waals surface area contributed by atoms with E-state index in [1.807, 2.05) is 25.1 Å². The highest BCUT2D eigenvalue weighted by molar-refractivity contribution is 6.30. The van der Waals surface area contributed by atoms with Crippen molar-refractivity contribution in [2.45, 2.75) is 6.92 Å². The van der Waals surface area contributed by atoms with E-state index in [4.69, 9.17) is 16.3 Å². The molecule has 0 spiro atoms. The van der Waals surface area contributed by atoms with Crippen LogP contribution in [0.1, 0.15) is 15.9 Å². The molecule has 1 N–H and O–H groups in total. The Morgan fingerprint density at radius 3 is 2.62 bits per heavy atom. The lowest BCUT2D eigenvalue weighted by Gasteiger charge is -2.08. The van der Waals surface area contributed by atoms with Gasteiger partial charge in [0, 0.05) is 10.7 Å². The van der Waals surface area contributed by atoms with Crippen molar-refractivity contribution in [2.24, 2.45) is 0 Å². The summed E-state index contributed by atoms with van der Waals surface area (Å²) < 4.78 is 4.95. The Bertz CT molecular complexity index is 670. The van der Waals surface area contributed by atoms with Crippen LogP contribution in [0, 0.1) is 6.92 Å². The smallest absolute Gasteiger partial charge is 0.338 e. The van der Waals surface area contributed by atoms with Crippen LogP contribution >= 0.6 is 11.6 Å². The number of benzene rings is 2. The maximum absolute atomic E-state index is 11.8. The molecule has 0 atom stereocenters. The Labute approximate surface area is 127 Å². The molecule has 0 aliphatic carbocycles. The second-order valence-corrected chi connectivity index (χ2v) is 4.89. The number of rotatable bonds is 4. The summed E-state index contributed by atoms with van der Waals surface area (Å²) in [6, 6.07) is 13.7. The number of carbonyl (C=O) groups excluding carboxylic acids is 2. The van der Waals surface area contributed by atoms with Crippen LogP contribution in [0.4, 0.5) is 5.69 Å². The van der Waals surface area contributed by atoms with Gasteiger partial charge in [0.05, 0.1) is 5.56 Å². The molecule has 21 heavy (non-hydrogen) atoms. The Morgan fingerprint density at radius 1 is 1.14 bits per heavy atom. The first-order valence-corrected chi connectivity index (χ1v) is 6.72. The zero-order valence-electron chi connectivity index (χ0n) is 11.4. The van der Waals surface area contributed by atoms with E-state index in [0.29, 0.717) is 16.3 Å². The number of hydrogen-bond acceptors (Lipinski definition) is 3. The van der Waals surface area contributed by atoms with E-state index in [9.17, 15) is 9.59 Å². The molecule has 4 nitrogen and oxygen atoms in total. The zero-order chi connectivity index (χ0) is 15.2. The predicted molar refractivity (Wildman–Crippen MR) is 81.5 cm³/mol. The van der Waals surface area contributed by atoms with Gasteiger partial charge in [-0.2, -0.15) is 0 Å². The van der Waals surface area contributed by atoms with E-state index in [1.165, 1.54) is 6.07 Å². The molecule has 0 fully saturated rings. The fourth-order valence-corrected chi connectivity index (χ4v) is 1.92. The number of amides is 1. The van der Waals surface area contributed by atoms with Gasteiger partial charge in [0.15, 0.2) is 6.61 Å². The van der Waals surface area contributed by atoms with Gasteiger partial charge in [-0.05, 0) is 36.8 Å². The molecule has 2 rings (SSSR count). The van der Waals surface area contributed by atoms with Gasteiger partial charge in [-0.1, -0.05) is 35.9 Å². The SMILES string of the molecule is Cc1ccccc1NC(=O)COC(=O)c1cccc(Cl)c1. The standard InChI is InChI=1S/C16H14ClNO3/c1-11-5-2-3-8-14(11)18-15(19)10-21-16(20)12-6-4-7-13(17)9-12/h2-9H,10H2,1H3,(H,18,19). The topological polar surface area (TPSA) is 55.4 Å². The van der Waals surface area contributed by atoms with Crippen molar-refractivity contribution < 1.29 is 14.3 Å². The van der Waals surface area contributed by atoms with Crippen LogP contribution in [0.5, 0.6) is 0 Å². The molecule has 0 saturated carbocycles. The van der Waals surface area contributed by atoms with E-state index in [2.05, 4.69) is 5.32 Å². The van der Waals surface area contributed by atoms with Gasteiger partial charge in [-0.3, -0.25) is 4.79 Å². The Morgan fingerprint density at radius 2 is 1.90 bits per heavy atom. The number of ether oxygens (including phenoxy) is 1. The fraction of sp³-hybridized carbons (Fsp3) is 0.125. The summed E-state index contributed by atoms with van der Waals surface area (Å²) in [5.41, 5.74) is 1.94. The summed E-state index contributed by atoms with van der Waals surface area (Å²) in [6.45, 7) is 1.53. The quantitative estimate of drug-likeness (QED) is 0.880. The third-order valence-corrected chi connectivity index (χ3v) is 3.05. The highest BCUT2D eigenvalue weighted by atomic mass is 35.5. The maximum atomic E-state index is 11.8. The number of hydrogen-bond donors (Lipinski definition) is 1. The van der Waals surface area contributed by atoms with Crippen molar-refractivity contribution in [3.63, 3.8) is 0 Å². The van der Waals surface area contributed by atoms with Crippen LogP contribution in [0.2, 0.25) is 5.02 Å². The first kappa shape index (κ1) is 15.1. The largest absolute Gasteiger partial charge is 0.452 e. The van der Waals surface area contributed by atoms with Gasteiger partial charge >= 0.3 is 5.97 Å². The van der Waals surface area contributed by atoms with Crippen molar-refractivity contribution >= 4 is 29.2 Å². The minimum Gasteiger partial charge on any atom is -0.452 e. The lowest BCUT2D eigenvalue weighted by Crippen LogP contribution is -2.21. The monoisotopic (exact) mass is 303 g/mol. The molecule has 0 aliphatic heterocycles. The van der Waals surface area contributed by atoms with E-state index in [-0.39, 0.29) is 12.5 Å². The second kappa shape index (κ2) is 6.90. The molecular weight excluding hydrogens is 290 g/mol. The van der Waals surface area contributed by atoms with Crippen LogP contribution in [0.3, 0.4) is 0 Å². The molecular formula is C16H14ClNO3. The fourth-order valence-electron chi connectivity index (χ4n) is 1.73. The molecule has 0 unspecified atom stereocenters. The first-order chi connectivity index (χ1) is 10.1. The minimum atomic E-state index is -0.586. The van der Waals surface area contributed by atoms with Gasteiger partial charge < -0.3 is 10.1 Å². The number of esters is 1. The number of carbonyl (C=O) groups is 2. The van der Waals surface area contributed by atoms with E-state index in [1.54, 1.807) is 24.3 Å². The molecule has 0 saturated heterocycles. The van der Waals surface area contributed by atoms with Crippen LogP contribution in [-0.2, 0) is 9.53 Å². The summed E-state index contributed by atoms with van der Waals surface area (Å²) in [7, 11) is 0. The van der Waals surface area contributed by atoms with Gasteiger partial charge in [0.25, 0.3) is 5.91 Å². The molecule has 0 heterocycles. The summed E-state index contributed by atoms with van der Waals surface area (Å²) in [5, 5.41) is 3.12. The molecule has 0 bridgehead atoms. The molecule has 108 valence electrons. The highest BCUT2D eigenvalue weighted by Crippen LogP contribution is 2.13. The lowest BCUT2D eigenvalue weighted by atomic mass is 10.2. The van der Waals surface area contributed by atoms with Crippen molar-refractivity contribution in [3.8, 4) is 0 Å². The van der Waals surface area contributed by atoms with Crippen molar-refractivity contribution in [1.82, 2.24) is 0 Å². The molecule has 2 aromatic rings. The lowest BCUT2D eigenvalue weighted by molar-refractivity contribution is -0.119. The average molecular weight is 304 g/mol. The van der Waals surface area contributed by atoms with E-state index < -0.39 is 5.97 Å². The Hall–Kier alpha value is -2.33. The summed E-state index contributed by atoms with van der Waals surface area (Å²) in [4.78, 5) is 23.5. The average Bonchev–Trinajstić information content (AvgIpc) is 2.47.